The van der Waals surface area contributed by atoms with E-state index in [9.17, 15) is 9.59 Å². The van der Waals surface area contributed by atoms with Crippen LogP contribution in [-0.2, 0) is 11.2 Å². The highest BCUT2D eigenvalue weighted by atomic mass is 16.5. The van der Waals surface area contributed by atoms with E-state index in [1.165, 1.54) is 18.9 Å². The molecule has 0 saturated carbocycles. The number of hydrogen-bond acceptors (Lipinski definition) is 5. The summed E-state index contributed by atoms with van der Waals surface area (Å²) in [6.07, 6.45) is 4.39. The van der Waals surface area contributed by atoms with E-state index >= 15 is 0 Å². The maximum Gasteiger partial charge on any atom is 0.434 e. The summed E-state index contributed by atoms with van der Waals surface area (Å²) in [5.74, 6) is 0. The summed E-state index contributed by atoms with van der Waals surface area (Å²) in [6.45, 7) is 0. The molecule has 1 atom stereocenters. The highest BCUT2D eigenvalue weighted by molar-refractivity contribution is 6.02. The van der Waals surface area contributed by atoms with Gasteiger partial charge in [-0.2, -0.15) is 9.78 Å². The number of ether oxygens (including phenoxy) is 1. The molecule has 1 unspecified atom stereocenters. The van der Waals surface area contributed by atoms with Gasteiger partial charge in [-0.3, -0.25) is 4.98 Å². The number of carbonyl (C=O) groups is 2. The molecule has 2 heterocycles. The Morgan fingerprint density at radius 1 is 1.27 bits per heavy atom. The Morgan fingerprint density at radius 2 is 2.15 bits per heavy atom. The molecular weight excluding hydrogens is 334 g/mol. The Hall–Kier alpha value is -3.42. The van der Waals surface area contributed by atoms with Crippen molar-refractivity contribution in [3.8, 4) is 0 Å². The lowest BCUT2D eigenvalue weighted by molar-refractivity contribution is 0.170. The van der Waals surface area contributed by atoms with Gasteiger partial charge in [-0.15, -0.1) is 0 Å². The summed E-state index contributed by atoms with van der Waals surface area (Å²) in [6, 6.07) is 8.73. The average Bonchev–Trinajstić information content (AvgIpc) is 3.26. The molecule has 1 aromatic carbocycles. The van der Waals surface area contributed by atoms with Crippen molar-refractivity contribution in [1.82, 2.24) is 20.1 Å². The van der Waals surface area contributed by atoms with Gasteiger partial charge in [0.1, 0.15) is 0 Å². The molecule has 132 valence electrons. The summed E-state index contributed by atoms with van der Waals surface area (Å²) >= 11 is 0. The quantitative estimate of drug-likeness (QED) is 0.740. The van der Waals surface area contributed by atoms with Crippen LogP contribution in [0.15, 0.2) is 42.7 Å². The number of aromatic nitrogens is 3. The lowest BCUT2D eigenvalue weighted by atomic mass is 10.2. The van der Waals surface area contributed by atoms with Crippen molar-refractivity contribution >= 4 is 28.7 Å². The van der Waals surface area contributed by atoms with Gasteiger partial charge in [0.15, 0.2) is 0 Å². The van der Waals surface area contributed by atoms with Crippen LogP contribution in [0.25, 0.3) is 10.9 Å². The minimum absolute atomic E-state index is 0.108. The monoisotopic (exact) mass is 351 g/mol. The van der Waals surface area contributed by atoms with Gasteiger partial charge in [0.05, 0.1) is 36.2 Å². The van der Waals surface area contributed by atoms with Crippen LogP contribution in [0.5, 0.6) is 0 Å². The first kappa shape index (κ1) is 16.1. The number of urea groups is 1. The van der Waals surface area contributed by atoms with Crippen LogP contribution in [0.3, 0.4) is 0 Å². The minimum atomic E-state index is -0.588. The second kappa shape index (κ2) is 6.47. The molecule has 4 rings (SSSR count). The molecule has 0 spiro atoms. The molecule has 2 amide bonds. The number of carbonyl (C=O) groups excluding carboxylic acids is 2. The van der Waals surface area contributed by atoms with Crippen molar-refractivity contribution < 1.29 is 14.3 Å². The highest BCUT2D eigenvalue weighted by Gasteiger charge is 2.25. The third-order valence-electron chi connectivity index (χ3n) is 4.47. The third-order valence-corrected chi connectivity index (χ3v) is 4.47. The topological polar surface area (TPSA) is 98.1 Å². The molecule has 1 aliphatic carbocycles. The van der Waals surface area contributed by atoms with E-state index < -0.39 is 6.09 Å². The number of nitrogens with zero attached hydrogens (tertiary/aromatic N) is 3. The number of benzene rings is 1. The van der Waals surface area contributed by atoms with Crippen LogP contribution in [0.4, 0.5) is 15.3 Å². The molecule has 8 nitrogen and oxygen atoms in total. The van der Waals surface area contributed by atoms with Crippen LogP contribution in [-0.4, -0.2) is 34.0 Å². The van der Waals surface area contributed by atoms with Crippen molar-refractivity contribution in [1.29, 1.82) is 0 Å². The predicted octanol–water partition coefficient (Wildman–Crippen LogP) is 2.85. The number of anilines is 1. The van der Waals surface area contributed by atoms with E-state index in [0.29, 0.717) is 16.6 Å². The zero-order chi connectivity index (χ0) is 18.1. The van der Waals surface area contributed by atoms with E-state index in [2.05, 4.69) is 20.7 Å². The largest absolute Gasteiger partial charge is 0.451 e. The Balaban J connectivity index is 1.54. The maximum atomic E-state index is 12.4. The molecule has 26 heavy (non-hydrogen) atoms. The van der Waals surface area contributed by atoms with Gasteiger partial charge < -0.3 is 15.4 Å². The zero-order valence-electron chi connectivity index (χ0n) is 14.1. The molecular formula is C18H17N5O3. The fraction of sp³-hybridized carbons (Fsp3) is 0.222. The van der Waals surface area contributed by atoms with Crippen molar-refractivity contribution in [2.45, 2.75) is 18.9 Å². The van der Waals surface area contributed by atoms with Gasteiger partial charge in [0, 0.05) is 11.6 Å². The molecule has 3 aromatic rings. The van der Waals surface area contributed by atoms with Crippen LogP contribution < -0.4 is 10.6 Å². The maximum absolute atomic E-state index is 12.4. The minimum Gasteiger partial charge on any atom is -0.451 e. The standard InChI is InChI=1S/C18H17N5O3/c1-26-18(25)23-15-6-2-5-13(12(15)10-20-23)21-17(24)22-14-8-7-11-4-3-9-19-16(11)14/h2-6,9-10,14H,7-8H2,1H3,(H2,21,22,24). The van der Waals surface area contributed by atoms with Crippen LogP contribution in [0, 0.1) is 0 Å². The predicted molar refractivity (Wildman–Crippen MR) is 95.0 cm³/mol. The highest BCUT2D eigenvalue weighted by Crippen LogP contribution is 2.29. The second-order valence-electron chi connectivity index (χ2n) is 6.00. The van der Waals surface area contributed by atoms with Crippen LogP contribution >= 0.6 is 0 Å². The summed E-state index contributed by atoms with van der Waals surface area (Å²) in [4.78, 5) is 28.6. The van der Waals surface area contributed by atoms with Crippen LogP contribution in [0.1, 0.15) is 23.7 Å². The Bertz CT molecular complexity index is 997. The smallest absolute Gasteiger partial charge is 0.434 e. The van der Waals surface area contributed by atoms with E-state index in [4.69, 9.17) is 4.74 Å². The number of nitrogens with one attached hydrogen (secondary N) is 2. The van der Waals surface area contributed by atoms with Gasteiger partial charge in [0.2, 0.25) is 0 Å². The number of aryl methyl sites for hydroxylation is 1. The number of fused-ring (bicyclic) bond motifs is 2. The number of rotatable bonds is 2. The average molecular weight is 351 g/mol. The summed E-state index contributed by atoms with van der Waals surface area (Å²) in [5, 5.41) is 10.5. The summed E-state index contributed by atoms with van der Waals surface area (Å²) in [7, 11) is 1.29. The molecule has 2 N–H and O–H groups in total. The normalized spacial score (nSPS) is 15.5. The molecule has 0 radical (unpaired) electrons. The van der Waals surface area contributed by atoms with Gasteiger partial charge in [-0.1, -0.05) is 12.1 Å². The van der Waals surface area contributed by atoms with E-state index in [0.717, 1.165) is 23.2 Å². The summed E-state index contributed by atoms with van der Waals surface area (Å²) < 4.78 is 5.85. The first-order valence-electron chi connectivity index (χ1n) is 8.24. The Morgan fingerprint density at radius 3 is 3.00 bits per heavy atom. The first-order chi connectivity index (χ1) is 12.7. The molecule has 0 bridgehead atoms. The molecule has 1 aliphatic rings. The third kappa shape index (κ3) is 2.75. The van der Waals surface area contributed by atoms with Crippen molar-refractivity contribution in [3.63, 3.8) is 0 Å². The second-order valence-corrected chi connectivity index (χ2v) is 6.00. The lowest BCUT2D eigenvalue weighted by Crippen LogP contribution is -2.32. The van der Waals surface area contributed by atoms with Crippen molar-refractivity contribution in [2.24, 2.45) is 0 Å². The Labute approximate surface area is 149 Å². The number of amides is 2. The molecule has 0 aliphatic heterocycles. The van der Waals surface area contributed by atoms with Crippen molar-refractivity contribution in [2.75, 3.05) is 12.4 Å². The fourth-order valence-corrected chi connectivity index (χ4v) is 3.26. The summed E-state index contributed by atoms with van der Waals surface area (Å²) in [5.41, 5.74) is 3.20. The Kier molecular flexibility index (Phi) is 4.00. The number of pyridine rings is 1. The van der Waals surface area contributed by atoms with E-state index in [1.54, 1.807) is 24.4 Å². The van der Waals surface area contributed by atoms with Crippen LogP contribution in [0.2, 0.25) is 0 Å². The van der Waals surface area contributed by atoms with E-state index in [-0.39, 0.29) is 12.1 Å². The SMILES string of the molecule is COC(=O)n1ncc2c(NC(=O)NC3CCc4cccnc43)cccc21. The van der Waals surface area contributed by atoms with Gasteiger partial charge in [-0.25, -0.2) is 9.59 Å². The first-order valence-corrected chi connectivity index (χ1v) is 8.24. The molecule has 0 saturated heterocycles. The van der Waals surface area contributed by atoms with Crippen molar-refractivity contribution in [3.05, 3.63) is 54.0 Å². The molecule has 8 heteroatoms. The lowest BCUT2D eigenvalue weighted by Gasteiger charge is -2.14. The zero-order valence-corrected chi connectivity index (χ0v) is 14.1. The van der Waals surface area contributed by atoms with Gasteiger partial charge in [-0.05, 0) is 36.6 Å². The fourth-order valence-electron chi connectivity index (χ4n) is 3.26. The molecule has 0 fully saturated rings. The molecule has 2 aromatic heterocycles. The number of methoxy groups -OCH3 is 1. The van der Waals surface area contributed by atoms with Gasteiger partial charge >= 0.3 is 12.1 Å². The van der Waals surface area contributed by atoms with E-state index in [1.807, 2.05) is 12.1 Å². The van der Waals surface area contributed by atoms with Gasteiger partial charge in [0.25, 0.3) is 0 Å². The number of hydrogen-bond donors (Lipinski definition) is 2.